The van der Waals surface area contributed by atoms with Gasteiger partial charge in [-0.1, -0.05) is 6.08 Å². The number of alkyl halides is 4. The lowest BCUT2D eigenvalue weighted by atomic mass is 10.2. The molecule has 1 nitrogen and oxygen atoms in total. The molecule has 1 unspecified atom stereocenters. The topological polar surface area (TPSA) is 12.0 Å². The van der Waals surface area contributed by atoms with Crippen LogP contribution in [-0.2, 0) is 0 Å². The molecule has 0 radical (unpaired) electrons. The normalized spacial score (nSPS) is 30.2. The maximum atomic E-state index is 12.7. The van der Waals surface area contributed by atoms with Crippen molar-refractivity contribution in [3.8, 4) is 0 Å². The van der Waals surface area contributed by atoms with E-state index in [0.717, 1.165) is 12.3 Å². The second kappa shape index (κ2) is 2.25. The van der Waals surface area contributed by atoms with Crippen LogP contribution < -0.4 is 5.32 Å². The highest BCUT2D eigenvalue weighted by Crippen LogP contribution is 2.33. The van der Waals surface area contributed by atoms with Crippen LogP contribution in [0.4, 0.5) is 17.6 Å². The van der Waals surface area contributed by atoms with Crippen molar-refractivity contribution in [3.05, 3.63) is 24.4 Å². The zero-order valence-electron chi connectivity index (χ0n) is 5.32. The van der Waals surface area contributed by atoms with Crippen LogP contribution in [0.25, 0.3) is 0 Å². The van der Waals surface area contributed by atoms with Gasteiger partial charge in [0.1, 0.15) is 0 Å². The number of hydrogen-bond acceptors (Lipinski definition) is 1. The van der Waals surface area contributed by atoms with Crippen molar-refractivity contribution in [2.75, 3.05) is 0 Å². The highest BCUT2D eigenvalue weighted by atomic mass is 19.4. The molecule has 0 aromatic carbocycles. The molecular formula is C6H5F4N. The Morgan fingerprint density at radius 3 is 2.09 bits per heavy atom. The molecular weight excluding hydrogens is 162 g/mol. The average molecular weight is 167 g/mol. The quantitative estimate of drug-likeness (QED) is 0.429. The molecule has 1 aliphatic heterocycles. The lowest BCUT2D eigenvalue weighted by molar-refractivity contribution is -0.219. The SMILES string of the molecule is FC(F)(F)C1(F)C=CC=CN1. The van der Waals surface area contributed by atoms with E-state index in [2.05, 4.69) is 0 Å². The summed E-state index contributed by atoms with van der Waals surface area (Å²) in [7, 11) is 0. The summed E-state index contributed by atoms with van der Waals surface area (Å²) in [6, 6.07) is 0. The summed E-state index contributed by atoms with van der Waals surface area (Å²) in [5.74, 6) is -3.40. The van der Waals surface area contributed by atoms with E-state index >= 15 is 0 Å². The minimum absolute atomic E-state index is 0.424. The standard InChI is InChI=1S/C6H5F4N/c7-5(6(8,9)10)3-1-2-4-11-5/h1-4,11H. The molecule has 0 aliphatic carbocycles. The van der Waals surface area contributed by atoms with Crippen LogP contribution in [-0.4, -0.2) is 12.0 Å². The summed E-state index contributed by atoms with van der Waals surface area (Å²) in [4.78, 5) is 0. The van der Waals surface area contributed by atoms with Gasteiger partial charge in [0.15, 0.2) is 0 Å². The third kappa shape index (κ3) is 1.36. The maximum absolute atomic E-state index is 12.7. The Labute approximate surface area is 60.4 Å². The van der Waals surface area contributed by atoms with Gasteiger partial charge in [0.05, 0.1) is 0 Å². The molecule has 0 saturated heterocycles. The predicted molar refractivity (Wildman–Crippen MR) is 31.3 cm³/mol. The Balaban J connectivity index is 2.84. The van der Waals surface area contributed by atoms with Crippen LogP contribution in [0.5, 0.6) is 0 Å². The molecule has 11 heavy (non-hydrogen) atoms. The maximum Gasteiger partial charge on any atom is 0.445 e. The van der Waals surface area contributed by atoms with Gasteiger partial charge in [-0.3, -0.25) is 0 Å². The van der Waals surface area contributed by atoms with Gasteiger partial charge in [-0.05, 0) is 18.4 Å². The number of halogens is 4. The largest absolute Gasteiger partial charge is 0.445 e. The van der Waals surface area contributed by atoms with Crippen LogP contribution in [0.1, 0.15) is 0 Å². The van der Waals surface area contributed by atoms with Crippen LogP contribution in [0.15, 0.2) is 24.4 Å². The minimum atomic E-state index is -4.91. The van der Waals surface area contributed by atoms with Gasteiger partial charge in [-0.25, -0.2) is 4.39 Å². The number of allylic oxidation sites excluding steroid dienone is 2. The van der Waals surface area contributed by atoms with Crippen LogP contribution in [0, 0.1) is 0 Å². The molecule has 0 aromatic heterocycles. The van der Waals surface area contributed by atoms with Gasteiger partial charge >= 0.3 is 6.18 Å². The van der Waals surface area contributed by atoms with Crippen molar-refractivity contribution < 1.29 is 17.6 Å². The number of hydrogen-bond donors (Lipinski definition) is 1. The summed E-state index contributed by atoms with van der Waals surface area (Å²) in [6.45, 7) is 0. The highest BCUT2D eigenvalue weighted by Gasteiger charge is 2.54. The van der Waals surface area contributed by atoms with Crippen molar-refractivity contribution in [2.24, 2.45) is 0 Å². The van der Waals surface area contributed by atoms with E-state index in [0.29, 0.717) is 6.08 Å². The Morgan fingerprint density at radius 2 is 1.82 bits per heavy atom. The van der Waals surface area contributed by atoms with Gasteiger partial charge in [-0.2, -0.15) is 13.2 Å². The Kier molecular flexibility index (Phi) is 1.66. The van der Waals surface area contributed by atoms with Crippen molar-refractivity contribution in [3.63, 3.8) is 0 Å². The van der Waals surface area contributed by atoms with Gasteiger partial charge in [0.25, 0.3) is 5.79 Å². The van der Waals surface area contributed by atoms with E-state index in [1.54, 1.807) is 5.32 Å². The molecule has 1 atom stereocenters. The van der Waals surface area contributed by atoms with Gasteiger partial charge < -0.3 is 5.32 Å². The second-order valence-electron chi connectivity index (χ2n) is 2.07. The summed E-state index contributed by atoms with van der Waals surface area (Å²) in [5, 5.41) is 1.58. The molecule has 0 fully saturated rings. The van der Waals surface area contributed by atoms with E-state index in [1.807, 2.05) is 0 Å². The van der Waals surface area contributed by atoms with E-state index < -0.39 is 12.0 Å². The number of dihydropyridines is 1. The first-order valence-corrected chi connectivity index (χ1v) is 2.83. The Hall–Kier alpha value is -1.00. The molecule has 1 rings (SSSR count). The molecule has 0 amide bonds. The van der Waals surface area contributed by atoms with E-state index in [1.165, 1.54) is 6.08 Å². The van der Waals surface area contributed by atoms with Crippen LogP contribution in [0.3, 0.4) is 0 Å². The van der Waals surface area contributed by atoms with Crippen molar-refractivity contribution in [2.45, 2.75) is 12.0 Å². The Bertz CT molecular complexity index is 205. The molecule has 1 N–H and O–H groups in total. The van der Waals surface area contributed by atoms with Gasteiger partial charge in [0, 0.05) is 0 Å². The lowest BCUT2D eigenvalue weighted by Crippen LogP contribution is -2.50. The smallest absolute Gasteiger partial charge is 0.349 e. The molecule has 0 aromatic rings. The Morgan fingerprint density at radius 1 is 1.18 bits per heavy atom. The summed E-state index contributed by atoms with van der Waals surface area (Å²) >= 11 is 0. The predicted octanol–water partition coefficient (Wildman–Crippen LogP) is 1.89. The summed E-state index contributed by atoms with van der Waals surface area (Å²) in [5.41, 5.74) is 0. The molecule has 1 aliphatic rings. The van der Waals surface area contributed by atoms with E-state index in [4.69, 9.17) is 0 Å². The fourth-order valence-electron chi connectivity index (χ4n) is 0.638. The third-order valence-corrected chi connectivity index (χ3v) is 1.24. The summed E-state index contributed by atoms with van der Waals surface area (Å²) in [6.07, 6.45) is -1.29. The third-order valence-electron chi connectivity index (χ3n) is 1.24. The van der Waals surface area contributed by atoms with Crippen molar-refractivity contribution in [1.82, 2.24) is 5.32 Å². The van der Waals surface area contributed by atoms with Crippen molar-refractivity contribution >= 4 is 0 Å². The minimum Gasteiger partial charge on any atom is -0.349 e. The zero-order chi connectivity index (χ0) is 8.54. The number of nitrogens with one attached hydrogen (secondary N) is 1. The molecule has 0 spiro atoms. The monoisotopic (exact) mass is 167 g/mol. The fourth-order valence-corrected chi connectivity index (χ4v) is 0.638. The first-order chi connectivity index (χ1) is 4.96. The van der Waals surface area contributed by atoms with Crippen LogP contribution in [0.2, 0.25) is 0 Å². The molecule has 62 valence electrons. The molecule has 0 bridgehead atoms. The number of rotatable bonds is 0. The first kappa shape index (κ1) is 8.10. The summed E-state index contributed by atoms with van der Waals surface area (Å²) < 4.78 is 48.1. The second-order valence-corrected chi connectivity index (χ2v) is 2.07. The lowest BCUT2D eigenvalue weighted by Gasteiger charge is -2.26. The molecule has 1 heterocycles. The zero-order valence-corrected chi connectivity index (χ0v) is 5.32. The fraction of sp³-hybridized carbons (Fsp3) is 0.333. The molecule has 0 saturated carbocycles. The van der Waals surface area contributed by atoms with E-state index in [-0.39, 0.29) is 0 Å². The average Bonchev–Trinajstić information content (AvgIpc) is 1.87. The van der Waals surface area contributed by atoms with Crippen LogP contribution >= 0.6 is 0 Å². The van der Waals surface area contributed by atoms with Gasteiger partial charge in [-0.15, -0.1) is 0 Å². The van der Waals surface area contributed by atoms with E-state index in [9.17, 15) is 17.6 Å². The molecule has 5 heteroatoms. The first-order valence-electron chi connectivity index (χ1n) is 2.83. The van der Waals surface area contributed by atoms with Gasteiger partial charge in [0.2, 0.25) is 0 Å². The highest BCUT2D eigenvalue weighted by molar-refractivity contribution is 5.18. The van der Waals surface area contributed by atoms with Crippen molar-refractivity contribution in [1.29, 1.82) is 0 Å².